The highest BCUT2D eigenvalue weighted by molar-refractivity contribution is 5.77. The Morgan fingerprint density at radius 3 is 2.55 bits per heavy atom. The monoisotopic (exact) mass is 398 g/mol. The number of benzene rings is 2. The number of likely N-dealkylation sites (N-methyl/N-ethyl adjacent to an activating group) is 1. The molecule has 2 aliphatic rings. The predicted molar refractivity (Wildman–Crippen MR) is 110 cm³/mol. The highest BCUT2D eigenvalue weighted by Crippen LogP contribution is 2.38. The van der Waals surface area contributed by atoms with Gasteiger partial charge in [-0.25, -0.2) is 4.39 Å². The van der Waals surface area contributed by atoms with Gasteiger partial charge in [-0.3, -0.25) is 4.79 Å². The maximum absolute atomic E-state index is 12.9. The minimum atomic E-state index is -0.321. The van der Waals surface area contributed by atoms with Gasteiger partial charge in [0.15, 0.2) is 6.61 Å². The molecule has 2 aliphatic heterocycles. The summed E-state index contributed by atoms with van der Waals surface area (Å²) in [7, 11) is 2.12. The fourth-order valence-corrected chi connectivity index (χ4v) is 4.22. The van der Waals surface area contributed by atoms with E-state index in [0.717, 1.165) is 19.3 Å². The van der Waals surface area contributed by atoms with Gasteiger partial charge in [-0.2, -0.15) is 0 Å². The molecule has 154 valence electrons. The van der Waals surface area contributed by atoms with Crippen molar-refractivity contribution < 1.29 is 18.7 Å². The van der Waals surface area contributed by atoms with Gasteiger partial charge in [-0.1, -0.05) is 18.2 Å². The molecule has 0 N–H and O–H groups in total. The number of hydrogen-bond acceptors (Lipinski definition) is 4. The number of ether oxygens (including phenoxy) is 2. The number of halogens is 1. The summed E-state index contributed by atoms with van der Waals surface area (Å²) in [6.07, 6.45) is 2.66. The van der Waals surface area contributed by atoms with Crippen molar-refractivity contribution in [2.45, 2.75) is 30.9 Å². The molecule has 0 saturated carbocycles. The van der Waals surface area contributed by atoms with Gasteiger partial charge in [0.25, 0.3) is 5.91 Å². The predicted octanol–water partition coefficient (Wildman–Crippen LogP) is 3.49. The number of carbonyl (C=O) groups excluding carboxylic acids is 1. The summed E-state index contributed by atoms with van der Waals surface area (Å²) in [6, 6.07) is 16.4. The Kier molecular flexibility index (Phi) is 5.72. The molecule has 1 spiro atoms. The third-order valence-electron chi connectivity index (χ3n) is 6.10. The largest absolute Gasteiger partial charge is 0.484 e. The summed E-state index contributed by atoms with van der Waals surface area (Å²) in [4.78, 5) is 16.6. The van der Waals surface area contributed by atoms with Crippen LogP contribution in [0.5, 0.6) is 5.75 Å². The summed E-state index contributed by atoms with van der Waals surface area (Å²) in [5.74, 6) is 0.136. The molecule has 0 radical (unpaired) electrons. The molecule has 0 bridgehead atoms. The van der Waals surface area contributed by atoms with E-state index < -0.39 is 0 Å². The van der Waals surface area contributed by atoms with Gasteiger partial charge in [0.05, 0.1) is 18.2 Å². The Morgan fingerprint density at radius 2 is 1.86 bits per heavy atom. The van der Waals surface area contributed by atoms with Crippen molar-refractivity contribution in [3.8, 4) is 5.75 Å². The van der Waals surface area contributed by atoms with E-state index >= 15 is 0 Å². The second kappa shape index (κ2) is 8.41. The van der Waals surface area contributed by atoms with Crippen LogP contribution in [0.15, 0.2) is 54.6 Å². The molecule has 2 fully saturated rings. The second-order valence-corrected chi connectivity index (χ2v) is 7.92. The summed E-state index contributed by atoms with van der Waals surface area (Å²) in [5, 5.41) is 0. The first-order valence-corrected chi connectivity index (χ1v) is 10.1. The van der Waals surface area contributed by atoms with Gasteiger partial charge >= 0.3 is 0 Å². The molecule has 2 saturated heterocycles. The van der Waals surface area contributed by atoms with E-state index in [9.17, 15) is 9.18 Å². The van der Waals surface area contributed by atoms with Crippen LogP contribution < -0.4 is 9.64 Å². The zero-order chi connectivity index (χ0) is 20.3. The van der Waals surface area contributed by atoms with Crippen molar-refractivity contribution >= 4 is 11.6 Å². The highest BCUT2D eigenvalue weighted by atomic mass is 19.1. The van der Waals surface area contributed by atoms with Crippen molar-refractivity contribution in [1.82, 2.24) is 4.90 Å². The lowest BCUT2D eigenvalue weighted by molar-refractivity contribution is -0.138. The lowest BCUT2D eigenvalue weighted by Crippen LogP contribution is -2.48. The molecule has 5 nitrogen and oxygen atoms in total. The van der Waals surface area contributed by atoms with Crippen molar-refractivity contribution in [2.75, 3.05) is 38.3 Å². The molecule has 2 aromatic rings. The first-order chi connectivity index (χ1) is 14.0. The molecule has 0 aliphatic carbocycles. The van der Waals surface area contributed by atoms with E-state index in [1.165, 1.54) is 30.0 Å². The SMILES string of the molecule is CN(c1ccccc1)[C@@H]1COC2(CCN(C(=O)COc3ccc(F)cc3)CC2)C1. The van der Waals surface area contributed by atoms with Crippen molar-refractivity contribution in [1.29, 1.82) is 0 Å². The van der Waals surface area contributed by atoms with Crippen LogP contribution in [-0.2, 0) is 9.53 Å². The molecule has 1 atom stereocenters. The number of para-hydroxylation sites is 1. The van der Waals surface area contributed by atoms with Crippen molar-refractivity contribution in [3.63, 3.8) is 0 Å². The number of hydrogen-bond donors (Lipinski definition) is 0. The Balaban J connectivity index is 1.26. The molecule has 4 rings (SSSR count). The van der Waals surface area contributed by atoms with Crippen LogP contribution in [0.4, 0.5) is 10.1 Å². The number of anilines is 1. The Morgan fingerprint density at radius 1 is 1.17 bits per heavy atom. The smallest absolute Gasteiger partial charge is 0.260 e. The molecular weight excluding hydrogens is 371 g/mol. The van der Waals surface area contributed by atoms with E-state index in [2.05, 4.69) is 36.2 Å². The molecule has 1 amide bonds. The van der Waals surface area contributed by atoms with Crippen molar-refractivity contribution in [2.24, 2.45) is 0 Å². The molecular formula is C23H27FN2O3. The lowest BCUT2D eigenvalue weighted by atomic mass is 9.87. The number of likely N-dealkylation sites (tertiary alicyclic amines) is 1. The summed E-state index contributed by atoms with van der Waals surface area (Å²) in [5.41, 5.74) is 1.06. The minimum absolute atomic E-state index is 0.0289. The van der Waals surface area contributed by atoms with Gasteiger partial charge < -0.3 is 19.3 Å². The number of amides is 1. The molecule has 2 heterocycles. The molecule has 0 aromatic heterocycles. The molecule has 6 heteroatoms. The van der Waals surface area contributed by atoms with Gasteiger partial charge in [0.2, 0.25) is 0 Å². The van der Waals surface area contributed by atoms with Crippen LogP contribution in [0.1, 0.15) is 19.3 Å². The quantitative estimate of drug-likeness (QED) is 0.773. The Labute approximate surface area is 171 Å². The lowest BCUT2D eigenvalue weighted by Gasteiger charge is -2.39. The maximum atomic E-state index is 12.9. The average molecular weight is 398 g/mol. The van der Waals surface area contributed by atoms with Gasteiger partial charge in [0.1, 0.15) is 11.6 Å². The van der Waals surface area contributed by atoms with E-state index in [-0.39, 0.29) is 23.9 Å². The second-order valence-electron chi connectivity index (χ2n) is 7.92. The number of carbonyl (C=O) groups is 1. The van der Waals surface area contributed by atoms with Gasteiger partial charge in [-0.15, -0.1) is 0 Å². The van der Waals surface area contributed by atoms with Gasteiger partial charge in [0, 0.05) is 25.8 Å². The topological polar surface area (TPSA) is 42.0 Å². The Hall–Kier alpha value is -2.60. The fraction of sp³-hybridized carbons (Fsp3) is 0.435. The van der Waals surface area contributed by atoms with E-state index in [1.54, 1.807) is 0 Å². The van der Waals surface area contributed by atoms with Gasteiger partial charge in [-0.05, 0) is 55.7 Å². The average Bonchev–Trinajstić information content (AvgIpc) is 3.17. The first kappa shape index (κ1) is 19.7. The summed E-state index contributed by atoms with van der Waals surface area (Å²) < 4.78 is 24.7. The molecule has 29 heavy (non-hydrogen) atoms. The first-order valence-electron chi connectivity index (χ1n) is 10.1. The minimum Gasteiger partial charge on any atom is -0.484 e. The standard InChI is InChI=1S/C23H27FN2O3/c1-25(19-5-3-2-4-6-19)20-15-23(29-16-20)11-13-26(14-12-23)22(27)17-28-21-9-7-18(24)8-10-21/h2-10,20H,11-17H2,1H3/t20-/m0/s1. The number of piperidine rings is 1. The van der Waals surface area contributed by atoms with E-state index in [1.807, 2.05) is 11.0 Å². The third kappa shape index (κ3) is 4.53. The fourth-order valence-electron chi connectivity index (χ4n) is 4.22. The number of rotatable bonds is 5. The molecule has 2 aromatic carbocycles. The van der Waals surface area contributed by atoms with Crippen LogP contribution in [0.2, 0.25) is 0 Å². The van der Waals surface area contributed by atoms with Crippen LogP contribution in [0.25, 0.3) is 0 Å². The maximum Gasteiger partial charge on any atom is 0.260 e. The van der Waals surface area contributed by atoms with E-state index in [0.29, 0.717) is 31.5 Å². The zero-order valence-electron chi connectivity index (χ0n) is 16.7. The van der Waals surface area contributed by atoms with Crippen LogP contribution in [0.3, 0.4) is 0 Å². The normalized spacial score (nSPS) is 20.6. The van der Waals surface area contributed by atoms with Crippen LogP contribution in [0, 0.1) is 5.82 Å². The summed E-state index contributed by atoms with van der Waals surface area (Å²) in [6.45, 7) is 2.03. The number of nitrogens with zero attached hydrogens (tertiary/aromatic N) is 2. The van der Waals surface area contributed by atoms with E-state index in [4.69, 9.17) is 9.47 Å². The third-order valence-corrected chi connectivity index (χ3v) is 6.10. The Bertz CT molecular complexity index is 820. The van der Waals surface area contributed by atoms with Crippen LogP contribution >= 0.6 is 0 Å². The highest BCUT2D eigenvalue weighted by Gasteiger charge is 2.44. The van der Waals surface area contributed by atoms with Crippen LogP contribution in [-0.4, -0.2) is 55.8 Å². The zero-order valence-corrected chi connectivity index (χ0v) is 16.7. The molecule has 0 unspecified atom stereocenters. The van der Waals surface area contributed by atoms with Crippen molar-refractivity contribution in [3.05, 3.63) is 60.4 Å². The summed E-state index contributed by atoms with van der Waals surface area (Å²) >= 11 is 0.